The van der Waals surface area contributed by atoms with Crippen molar-refractivity contribution >= 4 is 17.4 Å². The van der Waals surface area contributed by atoms with E-state index >= 15 is 0 Å². The summed E-state index contributed by atoms with van der Waals surface area (Å²) in [6.45, 7) is 0. The molecule has 0 saturated carbocycles. The Kier molecular flexibility index (Phi) is 3.56. The van der Waals surface area contributed by atoms with Gasteiger partial charge in [0.05, 0.1) is 10.6 Å². The van der Waals surface area contributed by atoms with Gasteiger partial charge >= 0.3 is 5.69 Å². The first kappa shape index (κ1) is 13.2. The number of nitro groups is 1. The number of benzene rings is 1. The Bertz CT molecular complexity index is 759. The van der Waals surface area contributed by atoms with Crippen molar-refractivity contribution in [1.82, 2.24) is 24.7 Å². The van der Waals surface area contributed by atoms with Crippen LogP contribution in [0.25, 0.3) is 5.69 Å². The summed E-state index contributed by atoms with van der Waals surface area (Å²) in [5.74, 6) is 0. The fourth-order valence-electron chi connectivity index (χ4n) is 1.54. The lowest BCUT2D eigenvalue weighted by Crippen LogP contribution is -1.94. The number of hydrogen-bond donors (Lipinski definition) is 0. The van der Waals surface area contributed by atoms with E-state index in [0.29, 0.717) is 10.3 Å². The van der Waals surface area contributed by atoms with Gasteiger partial charge in [-0.2, -0.15) is 0 Å². The van der Waals surface area contributed by atoms with Gasteiger partial charge in [0.1, 0.15) is 18.7 Å². The van der Waals surface area contributed by atoms with Crippen LogP contribution >= 0.6 is 11.8 Å². The Hall–Kier alpha value is -2.81. The van der Waals surface area contributed by atoms with Crippen LogP contribution < -0.4 is 0 Å². The predicted octanol–water partition coefficient (Wildman–Crippen LogP) is 2.12. The van der Waals surface area contributed by atoms with E-state index in [0.717, 1.165) is 29.8 Å². The van der Waals surface area contributed by atoms with Crippen molar-refractivity contribution < 1.29 is 4.92 Å². The largest absolute Gasteiger partial charge is 0.305 e. The molecule has 0 spiro atoms. The van der Waals surface area contributed by atoms with Crippen molar-refractivity contribution in [2.24, 2.45) is 0 Å². The molecule has 0 atom stereocenters. The Balaban J connectivity index is 1.77. The molecule has 8 nitrogen and oxygen atoms in total. The molecular formula is C12H8N6O2S. The zero-order valence-electron chi connectivity index (χ0n) is 10.5. The van der Waals surface area contributed by atoms with Gasteiger partial charge in [0.15, 0.2) is 5.16 Å². The van der Waals surface area contributed by atoms with Crippen LogP contribution in [-0.2, 0) is 0 Å². The minimum absolute atomic E-state index is 0.151. The zero-order chi connectivity index (χ0) is 14.7. The molecule has 0 bridgehead atoms. The summed E-state index contributed by atoms with van der Waals surface area (Å²) in [7, 11) is 0. The Morgan fingerprint density at radius 1 is 1.05 bits per heavy atom. The van der Waals surface area contributed by atoms with Crippen molar-refractivity contribution in [3.8, 4) is 5.69 Å². The number of aromatic nitrogens is 5. The Morgan fingerprint density at radius 2 is 1.76 bits per heavy atom. The lowest BCUT2D eigenvalue weighted by atomic mass is 10.3. The molecule has 104 valence electrons. The van der Waals surface area contributed by atoms with Gasteiger partial charge < -0.3 is 0 Å². The first-order valence-electron chi connectivity index (χ1n) is 5.84. The van der Waals surface area contributed by atoms with Crippen molar-refractivity contribution in [3.63, 3.8) is 0 Å². The standard InChI is InChI=1S/C12H8N6O2S/c19-18(20)10-6-13-11(14-7-10)21-12-15-8-17(16-12)9-4-2-1-3-5-9/h1-8H. The predicted molar refractivity (Wildman–Crippen MR) is 74.2 cm³/mol. The van der Waals surface area contributed by atoms with Crippen LogP contribution in [0.3, 0.4) is 0 Å². The molecule has 0 aliphatic heterocycles. The third kappa shape index (κ3) is 3.03. The molecule has 0 aliphatic rings. The van der Waals surface area contributed by atoms with Crippen molar-refractivity contribution in [2.75, 3.05) is 0 Å². The first-order chi connectivity index (χ1) is 10.2. The van der Waals surface area contributed by atoms with Crippen LogP contribution in [0.1, 0.15) is 0 Å². The van der Waals surface area contributed by atoms with Gasteiger partial charge in [-0.25, -0.2) is 19.6 Å². The Morgan fingerprint density at radius 3 is 2.43 bits per heavy atom. The van der Waals surface area contributed by atoms with E-state index in [4.69, 9.17) is 0 Å². The summed E-state index contributed by atoms with van der Waals surface area (Å²) < 4.78 is 1.63. The van der Waals surface area contributed by atoms with Crippen molar-refractivity contribution in [3.05, 3.63) is 59.2 Å². The summed E-state index contributed by atoms with van der Waals surface area (Å²) >= 11 is 1.14. The van der Waals surface area contributed by atoms with Crippen molar-refractivity contribution in [1.29, 1.82) is 0 Å². The number of nitrogens with zero attached hydrogens (tertiary/aromatic N) is 6. The summed E-state index contributed by atoms with van der Waals surface area (Å²) in [4.78, 5) is 21.9. The number of rotatable bonds is 4. The van der Waals surface area contributed by atoms with E-state index in [1.165, 1.54) is 0 Å². The second-order valence-electron chi connectivity index (χ2n) is 3.89. The monoisotopic (exact) mass is 300 g/mol. The fraction of sp³-hybridized carbons (Fsp3) is 0. The number of para-hydroxylation sites is 1. The van der Waals surface area contributed by atoms with Gasteiger partial charge in [0, 0.05) is 0 Å². The van der Waals surface area contributed by atoms with E-state index in [-0.39, 0.29) is 5.69 Å². The van der Waals surface area contributed by atoms with Crippen LogP contribution in [0, 0.1) is 10.1 Å². The van der Waals surface area contributed by atoms with Crippen LogP contribution in [-0.4, -0.2) is 29.7 Å². The minimum Gasteiger partial charge on any atom is -0.258 e. The summed E-state index contributed by atoms with van der Waals surface area (Å²) in [6.07, 6.45) is 3.90. The molecule has 0 amide bonds. The van der Waals surface area contributed by atoms with E-state index in [9.17, 15) is 10.1 Å². The molecule has 2 aromatic heterocycles. The first-order valence-corrected chi connectivity index (χ1v) is 6.65. The topological polar surface area (TPSA) is 99.6 Å². The molecule has 0 aliphatic carbocycles. The molecule has 0 N–H and O–H groups in total. The maximum atomic E-state index is 10.5. The highest BCUT2D eigenvalue weighted by Crippen LogP contribution is 2.21. The number of hydrogen-bond acceptors (Lipinski definition) is 7. The highest BCUT2D eigenvalue weighted by atomic mass is 32.2. The van der Waals surface area contributed by atoms with Crippen LogP contribution in [0.2, 0.25) is 0 Å². The average Bonchev–Trinajstić information content (AvgIpc) is 2.97. The molecule has 2 heterocycles. The van der Waals surface area contributed by atoms with Crippen molar-refractivity contribution in [2.45, 2.75) is 10.3 Å². The van der Waals surface area contributed by atoms with E-state index < -0.39 is 4.92 Å². The van der Waals surface area contributed by atoms with Gasteiger partial charge in [-0.15, -0.1) is 5.10 Å². The van der Waals surface area contributed by atoms with Crippen LogP contribution in [0.15, 0.2) is 59.4 Å². The lowest BCUT2D eigenvalue weighted by Gasteiger charge is -1.98. The molecule has 9 heteroatoms. The molecular weight excluding hydrogens is 292 g/mol. The highest BCUT2D eigenvalue weighted by molar-refractivity contribution is 7.99. The minimum atomic E-state index is -0.545. The summed E-state index contributed by atoms with van der Waals surface area (Å²) in [5, 5.41) is 15.6. The third-order valence-corrected chi connectivity index (χ3v) is 3.26. The molecule has 0 unspecified atom stereocenters. The van der Waals surface area contributed by atoms with Crippen LogP contribution in [0.5, 0.6) is 0 Å². The SMILES string of the molecule is O=[N+]([O-])c1cnc(Sc2ncn(-c3ccccc3)n2)nc1. The molecule has 1 aromatic carbocycles. The van der Waals surface area contributed by atoms with E-state index in [1.807, 2.05) is 30.3 Å². The summed E-state index contributed by atoms with van der Waals surface area (Å²) in [6, 6.07) is 9.55. The quantitative estimate of drug-likeness (QED) is 0.413. The smallest absolute Gasteiger partial charge is 0.258 e. The lowest BCUT2D eigenvalue weighted by molar-refractivity contribution is -0.385. The Labute approximate surface area is 123 Å². The van der Waals surface area contributed by atoms with E-state index in [1.54, 1.807) is 11.0 Å². The van der Waals surface area contributed by atoms with Gasteiger partial charge in [-0.1, -0.05) is 18.2 Å². The van der Waals surface area contributed by atoms with Gasteiger partial charge in [0.25, 0.3) is 0 Å². The molecule has 0 fully saturated rings. The summed E-state index contributed by atoms with van der Waals surface area (Å²) in [5.41, 5.74) is 0.739. The molecule has 0 saturated heterocycles. The average molecular weight is 300 g/mol. The molecule has 3 aromatic rings. The van der Waals surface area contributed by atoms with Crippen LogP contribution in [0.4, 0.5) is 5.69 Å². The highest BCUT2D eigenvalue weighted by Gasteiger charge is 2.10. The van der Waals surface area contributed by atoms with Gasteiger partial charge in [0.2, 0.25) is 5.16 Å². The molecule has 3 rings (SSSR count). The third-order valence-electron chi connectivity index (χ3n) is 2.50. The fourth-order valence-corrected chi connectivity index (χ4v) is 2.14. The second kappa shape index (κ2) is 5.67. The van der Waals surface area contributed by atoms with E-state index in [2.05, 4.69) is 20.1 Å². The van der Waals surface area contributed by atoms with Gasteiger partial charge in [-0.3, -0.25) is 10.1 Å². The zero-order valence-corrected chi connectivity index (χ0v) is 11.3. The molecule has 0 radical (unpaired) electrons. The molecule has 21 heavy (non-hydrogen) atoms. The maximum Gasteiger partial charge on any atom is 0.305 e. The second-order valence-corrected chi connectivity index (χ2v) is 4.82. The normalized spacial score (nSPS) is 10.5. The van der Waals surface area contributed by atoms with Gasteiger partial charge in [-0.05, 0) is 23.9 Å². The maximum absolute atomic E-state index is 10.5.